The summed E-state index contributed by atoms with van der Waals surface area (Å²) in [6.07, 6.45) is 1.01. The van der Waals surface area contributed by atoms with Gasteiger partial charge in [-0.2, -0.15) is 11.8 Å². The van der Waals surface area contributed by atoms with Crippen molar-refractivity contribution in [3.05, 3.63) is 12.3 Å². The van der Waals surface area contributed by atoms with Gasteiger partial charge in [0.2, 0.25) is 11.8 Å². The number of thioether (sulfide) groups is 1. The van der Waals surface area contributed by atoms with Gasteiger partial charge in [-0.3, -0.25) is 9.59 Å². The Hall–Kier alpha value is -2.23. The lowest BCUT2D eigenvalue weighted by Gasteiger charge is -2.20. The number of amides is 3. The number of hydrogen-bond acceptors (Lipinski definition) is 7. The summed E-state index contributed by atoms with van der Waals surface area (Å²) < 4.78 is 9.43. The molecule has 25 heavy (non-hydrogen) atoms. The lowest BCUT2D eigenvalue weighted by Crippen LogP contribution is -2.51. The van der Waals surface area contributed by atoms with Gasteiger partial charge in [0.25, 0.3) is 0 Å². The van der Waals surface area contributed by atoms with Crippen LogP contribution in [0.15, 0.2) is 12.3 Å². The van der Waals surface area contributed by atoms with Crippen LogP contribution >= 0.6 is 11.8 Å². The van der Waals surface area contributed by atoms with Crippen LogP contribution in [0.5, 0.6) is 0 Å². The SMILES string of the molecule is C=C(NC(=O)C(CSC)NC(=O)CNC(=O)OC(C)(C)C)C(=O)OC. The van der Waals surface area contributed by atoms with Gasteiger partial charge in [-0.15, -0.1) is 0 Å². The number of carbonyl (C=O) groups is 4. The summed E-state index contributed by atoms with van der Waals surface area (Å²) >= 11 is 1.32. The van der Waals surface area contributed by atoms with Crippen LogP contribution in [0.25, 0.3) is 0 Å². The summed E-state index contributed by atoms with van der Waals surface area (Å²) in [6.45, 7) is 8.11. The monoisotopic (exact) mass is 375 g/mol. The largest absolute Gasteiger partial charge is 0.464 e. The average Bonchev–Trinajstić information content (AvgIpc) is 2.49. The molecule has 0 saturated heterocycles. The molecule has 0 bridgehead atoms. The van der Waals surface area contributed by atoms with Crippen LogP contribution in [-0.4, -0.2) is 61.2 Å². The molecule has 142 valence electrons. The molecular formula is C15H25N3O6S. The molecular weight excluding hydrogens is 350 g/mol. The van der Waals surface area contributed by atoms with Gasteiger partial charge in [-0.1, -0.05) is 6.58 Å². The van der Waals surface area contributed by atoms with Gasteiger partial charge in [0.15, 0.2) is 0 Å². The Bertz CT molecular complexity index is 530. The minimum Gasteiger partial charge on any atom is -0.464 e. The van der Waals surface area contributed by atoms with Crippen molar-refractivity contribution in [2.45, 2.75) is 32.4 Å². The zero-order valence-corrected chi connectivity index (χ0v) is 15.9. The van der Waals surface area contributed by atoms with E-state index in [9.17, 15) is 19.2 Å². The molecule has 1 atom stereocenters. The highest BCUT2D eigenvalue weighted by Crippen LogP contribution is 2.06. The van der Waals surface area contributed by atoms with Crippen molar-refractivity contribution in [3.63, 3.8) is 0 Å². The first-order chi connectivity index (χ1) is 11.5. The molecule has 0 rings (SSSR count). The summed E-state index contributed by atoms with van der Waals surface area (Å²) in [7, 11) is 1.16. The number of nitrogens with one attached hydrogen (secondary N) is 3. The second-order valence-electron chi connectivity index (χ2n) is 5.89. The topological polar surface area (TPSA) is 123 Å². The Morgan fingerprint density at radius 3 is 2.28 bits per heavy atom. The van der Waals surface area contributed by atoms with Crippen LogP contribution in [0, 0.1) is 0 Å². The molecule has 0 aromatic heterocycles. The summed E-state index contributed by atoms with van der Waals surface area (Å²) in [4.78, 5) is 46.8. The molecule has 0 aliphatic carbocycles. The second kappa shape index (κ2) is 10.6. The third-order valence-electron chi connectivity index (χ3n) is 2.48. The summed E-state index contributed by atoms with van der Waals surface area (Å²) in [5, 5.41) is 7.02. The molecule has 0 saturated carbocycles. The molecule has 0 aliphatic rings. The van der Waals surface area contributed by atoms with Crippen molar-refractivity contribution in [2.75, 3.05) is 25.7 Å². The zero-order valence-electron chi connectivity index (χ0n) is 15.1. The van der Waals surface area contributed by atoms with Gasteiger partial charge >= 0.3 is 12.1 Å². The number of rotatable bonds is 8. The van der Waals surface area contributed by atoms with Gasteiger partial charge in [-0.25, -0.2) is 9.59 Å². The van der Waals surface area contributed by atoms with E-state index in [1.54, 1.807) is 27.0 Å². The smallest absolute Gasteiger partial charge is 0.408 e. The molecule has 0 heterocycles. The Morgan fingerprint density at radius 1 is 1.20 bits per heavy atom. The molecule has 0 radical (unpaired) electrons. The molecule has 0 aromatic rings. The van der Waals surface area contributed by atoms with Gasteiger partial charge < -0.3 is 25.4 Å². The minimum atomic E-state index is -0.913. The van der Waals surface area contributed by atoms with Crippen molar-refractivity contribution < 1.29 is 28.7 Å². The standard InChI is InChI=1S/C15H25N3O6S/c1-9(13(21)23-5)17-12(20)10(8-25-6)18-11(19)7-16-14(22)24-15(2,3)4/h10H,1,7-8H2,2-6H3,(H,16,22)(H,17,20)(H,18,19). The maximum atomic E-state index is 12.1. The molecule has 9 nitrogen and oxygen atoms in total. The Labute approximate surface area is 151 Å². The van der Waals surface area contributed by atoms with Crippen molar-refractivity contribution in [1.82, 2.24) is 16.0 Å². The van der Waals surface area contributed by atoms with E-state index in [0.717, 1.165) is 7.11 Å². The first-order valence-electron chi connectivity index (χ1n) is 7.33. The molecule has 0 spiro atoms. The van der Waals surface area contributed by atoms with E-state index >= 15 is 0 Å². The average molecular weight is 375 g/mol. The minimum absolute atomic E-state index is 0.236. The van der Waals surface area contributed by atoms with E-state index < -0.39 is 35.5 Å². The maximum absolute atomic E-state index is 12.1. The van der Waals surface area contributed by atoms with Gasteiger partial charge in [-0.05, 0) is 27.0 Å². The number of carbonyl (C=O) groups excluding carboxylic acids is 4. The van der Waals surface area contributed by atoms with Crippen molar-refractivity contribution in [1.29, 1.82) is 0 Å². The lowest BCUT2D eigenvalue weighted by molar-refractivity contribution is -0.138. The summed E-state index contributed by atoms with van der Waals surface area (Å²) in [5.41, 5.74) is -0.921. The highest BCUT2D eigenvalue weighted by molar-refractivity contribution is 7.98. The molecule has 1 unspecified atom stereocenters. The van der Waals surface area contributed by atoms with Crippen molar-refractivity contribution in [2.24, 2.45) is 0 Å². The van der Waals surface area contributed by atoms with Gasteiger partial charge in [0.1, 0.15) is 23.9 Å². The Balaban J connectivity index is 4.57. The van der Waals surface area contributed by atoms with Crippen molar-refractivity contribution in [3.8, 4) is 0 Å². The van der Waals surface area contributed by atoms with Crippen LogP contribution in [-0.2, 0) is 23.9 Å². The van der Waals surface area contributed by atoms with E-state index in [2.05, 4.69) is 27.3 Å². The number of alkyl carbamates (subject to hydrolysis) is 1. The molecule has 3 amide bonds. The third kappa shape index (κ3) is 10.3. The maximum Gasteiger partial charge on any atom is 0.408 e. The fourth-order valence-electron chi connectivity index (χ4n) is 1.47. The van der Waals surface area contributed by atoms with Gasteiger partial charge in [0.05, 0.1) is 7.11 Å². The Morgan fingerprint density at radius 2 is 1.80 bits per heavy atom. The first-order valence-corrected chi connectivity index (χ1v) is 8.72. The normalized spacial score (nSPS) is 11.7. The van der Waals surface area contributed by atoms with Crippen LogP contribution in [0.3, 0.4) is 0 Å². The predicted octanol–water partition coefficient (Wildman–Crippen LogP) is 0.162. The molecule has 3 N–H and O–H groups in total. The van der Waals surface area contributed by atoms with E-state index in [1.165, 1.54) is 11.8 Å². The van der Waals surface area contributed by atoms with Crippen molar-refractivity contribution >= 4 is 35.6 Å². The van der Waals surface area contributed by atoms with Crippen LogP contribution in [0.1, 0.15) is 20.8 Å². The van der Waals surface area contributed by atoms with Crippen LogP contribution < -0.4 is 16.0 Å². The van der Waals surface area contributed by atoms with E-state index in [4.69, 9.17) is 4.74 Å². The number of hydrogen-bond donors (Lipinski definition) is 3. The van der Waals surface area contributed by atoms with E-state index in [0.29, 0.717) is 0 Å². The second-order valence-corrected chi connectivity index (χ2v) is 6.80. The third-order valence-corrected chi connectivity index (χ3v) is 3.15. The van der Waals surface area contributed by atoms with E-state index in [-0.39, 0.29) is 18.0 Å². The highest BCUT2D eigenvalue weighted by Gasteiger charge is 2.23. The lowest BCUT2D eigenvalue weighted by atomic mass is 10.2. The number of ether oxygens (including phenoxy) is 2. The first kappa shape index (κ1) is 22.8. The van der Waals surface area contributed by atoms with Crippen LogP contribution in [0.2, 0.25) is 0 Å². The van der Waals surface area contributed by atoms with Gasteiger partial charge in [0, 0.05) is 5.75 Å². The predicted molar refractivity (Wildman–Crippen MR) is 93.8 cm³/mol. The molecule has 0 aliphatic heterocycles. The quantitative estimate of drug-likeness (QED) is 0.408. The number of esters is 1. The molecule has 10 heteroatoms. The fraction of sp³-hybridized carbons (Fsp3) is 0.600. The Kier molecular flexibility index (Phi) is 9.65. The highest BCUT2D eigenvalue weighted by atomic mass is 32.2. The van der Waals surface area contributed by atoms with Crippen LogP contribution in [0.4, 0.5) is 4.79 Å². The summed E-state index contributed by atoms with van der Waals surface area (Å²) in [6, 6.07) is -0.913. The molecule has 0 fully saturated rings. The zero-order chi connectivity index (χ0) is 19.6. The van der Waals surface area contributed by atoms with E-state index in [1.807, 2.05) is 0 Å². The number of methoxy groups -OCH3 is 1. The molecule has 0 aromatic carbocycles. The fourth-order valence-corrected chi connectivity index (χ4v) is 2.04. The summed E-state index contributed by atoms with van der Waals surface area (Å²) in [5.74, 6) is -1.72.